The van der Waals surface area contributed by atoms with Gasteiger partial charge >= 0.3 is 0 Å². The minimum absolute atomic E-state index is 0. The van der Waals surface area contributed by atoms with Crippen molar-refractivity contribution < 1.29 is 13.9 Å². The number of aliphatic imine (C=N–C) groups is 1. The number of nitrogens with zero attached hydrogens (tertiary/aromatic N) is 1. The molecule has 1 atom stereocenters. The highest BCUT2D eigenvalue weighted by molar-refractivity contribution is 14.0. The predicted octanol–water partition coefficient (Wildman–Crippen LogP) is 3.24. The van der Waals surface area contributed by atoms with Gasteiger partial charge in [-0.2, -0.15) is 0 Å². The number of methoxy groups -OCH3 is 1. The molecule has 148 valence electrons. The average molecular weight is 486 g/mol. The van der Waals surface area contributed by atoms with E-state index in [1.54, 1.807) is 19.2 Å². The number of anilines is 1. The van der Waals surface area contributed by atoms with Crippen LogP contribution in [0.3, 0.4) is 0 Å². The number of hydrogen-bond acceptors (Lipinski definition) is 4. The number of amides is 1. The molecule has 1 aromatic carbocycles. The van der Waals surface area contributed by atoms with Crippen molar-refractivity contribution in [3.8, 4) is 0 Å². The van der Waals surface area contributed by atoms with Gasteiger partial charge in [0.05, 0.1) is 19.4 Å². The number of hydrogen-bond donors (Lipinski definition) is 3. The molecule has 0 aliphatic carbocycles. The van der Waals surface area contributed by atoms with Crippen LogP contribution in [-0.2, 0) is 11.3 Å². The first-order valence-corrected chi connectivity index (χ1v) is 8.60. The van der Waals surface area contributed by atoms with E-state index in [2.05, 4.69) is 20.9 Å². The Bertz CT molecular complexity index is 702. The third-order valence-corrected chi connectivity index (χ3v) is 3.52. The number of ether oxygens (including phenoxy) is 1. The van der Waals surface area contributed by atoms with Gasteiger partial charge in [0.25, 0.3) is 5.91 Å². The number of furan rings is 1. The Hall–Kier alpha value is -2.07. The average Bonchev–Trinajstić information content (AvgIpc) is 3.16. The third-order valence-electron chi connectivity index (χ3n) is 3.52. The van der Waals surface area contributed by atoms with Crippen LogP contribution in [0.1, 0.15) is 30.0 Å². The lowest BCUT2D eigenvalue weighted by molar-refractivity contribution is 0.0996. The maximum absolute atomic E-state index is 11.9. The highest BCUT2D eigenvalue weighted by Crippen LogP contribution is 2.12. The van der Waals surface area contributed by atoms with Crippen molar-refractivity contribution in [3.63, 3.8) is 0 Å². The molecule has 1 heterocycles. The largest absolute Gasteiger partial charge is 0.459 e. The number of carbonyl (C=O) groups excluding carboxylic acids is 1. The number of benzene rings is 1. The summed E-state index contributed by atoms with van der Waals surface area (Å²) in [7, 11) is 1.68. The van der Waals surface area contributed by atoms with Gasteiger partial charge in [0.15, 0.2) is 11.7 Å². The minimum atomic E-state index is -0.272. The van der Waals surface area contributed by atoms with Crippen LogP contribution in [0.25, 0.3) is 0 Å². The molecule has 3 N–H and O–H groups in total. The van der Waals surface area contributed by atoms with Gasteiger partial charge in [-0.25, -0.2) is 4.99 Å². The van der Waals surface area contributed by atoms with E-state index in [9.17, 15) is 4.79 Å². The number of guanidine groups is 1. The smallest absolute Gasteiger partial charge is 0.291 e. The van der Waals surface area contributed by atoms with E-state index < -0.39 is 0 Å². The molecule has 0 aliphatic rings. The summed E-state index contributed by atoms with van der Waals surface area (Å²) in [5.74, 6) is 0.754. The monoisotopic (exact) mass is 486 g/mol. The Balaban J connectivity index is 0.00000364. The van der Waals surface area contributed by atoms with E-state index in [1.807, 2.05) is 38.1 Å². The minimum Gasteiger partial charge on any atom is -0.459 e. The van der Waals surface area contributed by atoms with Crippen LogP contribution in [0.5, 0.6) is 0 Å². The summed E-state index contributed by atoms with van der Waals surface area (Å²) >= 11 is 0. The molecule has 0 aliphatic heterocycles. The standard InChI is InChI=1S/C19H26N4O3.HI/c1-4-20-19(22-14(2)13-25-3)21-12-15-7-9-16(10-8-15)23-18(24)17-6-5-11-26-17;/h5-11,14H,4,12-13H2,1-3H3,(H,23,24)(H2,20,21,22);1H. The van der Waals surface area contributed by atoms with E-state index in [1.165, 1.54) is 6.26 Å². The van der Waals surface area contributed by atoms with E-state index in [4.69, 9.17) is 9.15 Å². The number of rotatable bonds is 8. The van der Waals surface area contributed by atoms with Crippen LogP contribution < -0.4 is 16.0 Å². The fourth-order valence-electron chi connectivity index (χ4n) is 2.31. The second kappa shape index (κ2) is 12.3. The maximum atomic E-state index is 11.9. The molecular weight excluding hydrogens is 459 g/mol. The van der Waals surface area contributed by atoms with Crippen LogP contribution in [0.4, 0.5) is 5.69 Å². The molecule has 1 unspecified atom stereocenters. The number of halogens is 1. The lowest BCUT2D eigenvalue weighted by Crippen LogP contribution is -2.43. The molecular formula is C19H27IN4O3. The molecule has 1 amide bonds. The van der Waals surface area contributed by atoms with E-state index in [-0.39, 0.29) is 41.7 Å². The van der Waals surface area contributed by atoms with Crippen LogP contribution in [0, 0.1) is 0 Å². The molecule has 0 saturated heterocycles. The molecule has 7 nitrogen and oxygen atoms in total. The van der Waals surface area contributed by atoms with Gasteiger partial charge in [-0.05, 0) is 43.7 Å². The van der Waals surface area contributed by atoms with Crippen LogP contribution in [0.15, 0.2) is 52.1 Å². The SMILES string of the molecule is CCNC(=NCc1ccc(NC(=O)c2ccco2)cc1)NC(C)COC.I. The summed E-state index contributed by atoms with van der Waals surface area (Å²) in [5.41, 5.74) is 1.75. The van der Waals surface area contributed by atoms with E-state index >= 15 is 0 Å². The Morgan fingerprint density at radius 3 is 2.59 bits per heavy atom. The zero-order valence-electron chi connectivity index (χ0n) is 15.8. The normalized spacial score (nSPS) is 12.0. The topological polar surface area (TPSA) is 87.9 Å². The second-order valence-corrected chi connectivity index (χ2v) is 5.82. The molecule has 0 saturated carbocycles. The number of nitrogens with one attached hydrogen (secondary N) is 3. The molecule has 2 rings (SSSR count). The van der Waals surface area contributed by atoms with E-state index in [0.717, 1.165) is 18.1 Å². The molecule has 8 heteroatoms. The van der Waals surface area contributed by atoms with Gasteiger partial charge in [-0.15, -0.1) is 24.0 Å². The zero-order chi connectivity index (χ0) is 18.8. The van der Waals surface area contributed by atoms with Crippen molar-refractivity contribution in [3.05, 3.63) is 54.0 Å². The first kappa shape index (κ1) is 23.0. The lowest BCUT2D eigenvalue weighted by atomic mass is 10.2. The zero-order valence-corrected chi connectivity index (χ0v) is 18.2. The van der Waals surface area contributed by atoms with Gasteiger partial charge in [0.1, 0.15) is 0 Å². The molecule has 2 aromatic rings. The fraction of sp³-hybridized carbons (Fsp3) is 0.368. The molecule has 27 heavy (non-hydrogen) atoms. The first-order valence-electron chi connectivity index (χ1n) is 8.60. The third kappa shape index (κ3) is 8.00. The molecule has 0 bridgehead atoms. The Labute approximate surface area is 177 Å². The highest BCUT2D eigenvalue weighted by atomic mass is 127. The van der Waals surface area contributed by atoms with Crippen molar-refractivity contribution in [1.82, 2.24) is 10.6 Å². The fourth-order valence-corrected chi connectivity index (χ4v) is 2.31. The first-order chi connectivity index (χ1) is 12.6. The molecule has 0 radical (unpaired) electrons. The summed E-state index contributed by atoms with van der Waals surface area (Å²) in [6.45, 7) is 5.97. The Kier molecular flexibility index (Phi) is 10.5. The van der Waals surface area contributed by atoms with Crippen molar-refractivity contribution in [1.29, 1.82) is 0 Å². The van der Waals surface area contributed by atoms with Crippen LogP contribution >= 0.6 is 24.0 Å². The molecule has 0 fully saturated rings. The van der Waals surface area contributed by atoms with E-state index in [0.29, 0.717) is 18.8 Å². The summed E-state index contributed by atoms with van der Waals surface area (Å²) in [6, 6.07) is 11.0. The highest BCUT2D eigenvalue weighted by Gasteiger charge is 2.08. The summed E-state index contributed by atoms with van der Waals surface area (Å²) in [6.07, 6.45) is 1.47. The maximum Gasteiger partial charge on any atom is 0.291 e. The summed E-state index contributed by atoms with van der Waals surface area (Å²) < 4.78 is 10.2. The Morgan fingerprint density at radius 2 is 2.00 bits per heavy atom. The van der Waals surface area contributed by atoms with Crippen molar-refractivity contribution in [2.75, 3.05) is 25.6 Å². The number of carbonyl (C=O) groups is 1. The predicted molar refractivity (Wildman–Crippen MR) is 118 cm³/mol. The van der Waals surface area contributed by atoms with Crippen LogP contribution in [0.2, 0.25) is 0 Å². The van der Waals surface area contributed by atoms with Gasteiger partial charge in [-0.3, -0.25) is 4.79 Å². The summed E-state index contributed by atoms with van der Waals surface area (Å²) in [4.78, 5) is 16.5. The Morgan fingerprint density at radius 1 is 1.26 bits per heavy atom. The van der Waals surface area contributed by atoms with Crippen molar-refractivity contribution >= 4 is 41.5 Å². The quantitative estimate of drug-likeness (QED) is 0.303. The summed E-state index contributed by atoms with van der Waals surface area (Å²) in [5, 5.41) is 9.29. The molecule has 0 spiro atoms. The van der Waals surface area contributed by atoms with Gasteiger partial charge in [0, 0.05) is 25.4 Å². The van der Waals surface area contributed by atoms with Gasteiger partial charge < -0.3 is 25.1 Å². The van der Waals surface area contributed by atoms with Crippen molar-refractivity contribution in [2.24, 2.45) is 4.99 Å². The van der Waals surface area contributed by atoms with Gasteiger partial charge in [0.2, 0.25) is 0 Å². The lowest BCUT2D eigenvalue weighted by Gasteiger charge is -2.17. The molecule has 1 aromatic heterocycles. The van der Waals surface area contributed by atoms with Crippen LogP contribution in [-0.4, -0.2) is 38.2 Å². The van der Waals surface area contributed by atoms with Gasteiger partial charge in [-0.1, -0.05) is 12.1 Å². The second-order valence-electron chi connectivity index (χ2n) is 5.82. The van der Waals surface area contributed by atoms with Crippen molar-refractivity contribution in [2.45, 2.75) is 26.4 Å².